The standard InChI is InChI=1S/C10H2BrIN2S3/c11-5-1-3-7-8(14-17-13-7)4-2-6(12)16-10(4)9(3)15-5/h1-2H. The fourth-order valence-electron chi connectivity index (χ4n) is 1.95. The van der Waals surface area contributed by atoms with Crippen LogP contribution in [0, 0.1) is 2.88 Å². The minimum atomic E-state index is 1.04. The lowest BCUT2D eigenvalue weighted by Crippen LogP contribution is -1.72. The van der Waals surface area contributed by atoms with E-state index < -0.39 is 0 Å². The van der Waals surface area contributed by atoms with Crippen molar-refractivity contribution in [1.29, 1.82) is 0 Å². The summed E-state index contributed by atoms with van der Waals surface area (Å²) >= 11 is 10.8. The van der Waals surface area contributed by atoms with Gasteiger partial charge < -0.3 is 0 Å². The number of fused-ring (bicyclic) bond motifs is 6. The molecule has 4 aromatic rings. The molecule has 0 atom stereocenters. The molecule has 7 heteroatoms. The molecule has 3 heterocycles. The van der Waals surface area contributed by atoms with Crippen LogP contribution in [0.3, 0.4) is 0 Å². The third-order valence-corrected chi connectivity index (χ3v) is 6.84. The van der Waals surface area contributed by atoms with Gasteiger partial charge >= 0.3 is 0 Å². The van der Waals surface area contributed by atoms with Crippen molar-refractivity contribution in [3.05, 3.63) is 18.8 Å². The number of hydrogen-bond acceptors (Lipinski definition) is 5. The SMILES string of the molecule is Brc1cc2c3nsnc3c3cc(I)sc3c2s1. The van der Waals surface area contributed by atoms with Crippen molar-refractivity contribution in [3.8, 4) is 0 Å². The Hall–Kier alpha value is 0.170. The van der Waals surface area contributed by atoms with Crippen LogP contribution in [0.4, 0.5) is 0 Å². The summed E-state index contributed by atoms with van der Waals surface area (Å²) in [4.78, 5) is 0. The van der Waals surface area contributed by atoms with Crippen molar-refractivity contribution >= 4 is 104 Å². The number of benzene rings is 1. The summed E-state index contributed by atoms with van der Waals surface area (Å²) in [6, 6.07) is 4.35. The first-order valence-corrected chi connectivity index (χ1v) is 8.90. The van der Waals surface area contributed by atoms with Gasteiger partial charge in [-0.1, -0.05) is 0 Å². The molecule has 4 rings (SSSR count). The summed E-state index contributed by atoms with van der Waals surface area (Å²) in [5.74, 6) is 0. The van der Waals surface area contributed by atoms with E-state index in [1.165, 1.54) is 34.8 Å². The van der Waals surface area contributed by atoms with Crippen LogP contribution in [-0.4, -0.2) is 8.75 Å². The van der Waals surface area contributed by atoms with E-state index in [0.717, 1.165) is 14.8 Å². The summed E-state index contributed by atoms with van der Waals surface area (Å²) in [7, 11) is 0. The molecule has 17 heavy (non-hydrogen) atoms. The number of thiophene rings is 2. The highest BCUT2D eigenvalue weighted by atomic mass is 127. The second-order valence-corrected chi connectivity index (χ2v) is 9.45. The van der Waals surface area contributed by atoms with Crippen LogP contribution in [0.15, 0.2) is 15.9 Å². The third kappa shape index (κ3) is 1.52. The molecule has 0 saturated carbocycles. The van der Waals surface area contributed by atoms with Gasteiger partial charge in [-0.15, -0.1) is 22.7 Å². The average molecular weight is 453 g/mol. The molecule has 0 aliphatic heterocycles. The van der Waals surface area contributed by atoms with E-state index in [2.05, 4.69) is 59.4 Å². The molecule has 0 radical (unpaired) electrons. The van der Waals surface area contributed by atoms with Gasteiger partial charge in [0, 0.05) is 10.8 Å². The lowest BCUT2D eigenvalue weighted by molar-refractivity contribution is 1.72. The van der Waals surface area contributed by atoms with Gasteiger partial charge in [0.1, 0.15) is 11.0 Å². The van der Waals surface area contributed by atoms with E-state index in [1.54, 1.807) is 11.3 Å². The number of nitrogens with zero attached hydrogens (tertiary/aromatic N) is 2. The fraction of sp³-hybridized carbons (Fsp3) is 0. The summed E-state index contributed by atoms with van der Waals surface area (Å²) in [5.41, 5.74) is 2.08. The molecule has 1 aromatic carbocycles. The Morgan fingerprint density at radius 3 is 2.41 bits per heavy atom. The first kappa shape index (κ1) is 11.0. The van der Waals surface area contributed by atoms with Crippen LogP contribution in [0.5, 0.6) is 0 Å². The topological polar surface area (TPSA) is 25.8 Å². The molecule has 0 fully saturated rings. The van der Waals surface area contributed by atoms with Crippen molar-refractivity contribution in [3.63, 3.8) is 0 Å². The molecule has 0 aliphatic carbocycles. The molecule has 0 spiro atoms. The van der Waals surface area contributed by atoms with Gasteiger partial charge in [-0.2, -0.15) is 8.75 Å². The zero-order valence-electron chi connectivity index (χ0n) is 8.03. The van der Waals surface area contributed by atoms with E-state index in [1.807, 2.05) is 11.3 Å². The van der Waals surface area contributed by atoms with Crippen LogP contribution in [0.25, 0.3) is 31.2 Å². The van der Waals surface area contributed by atoms with Crippen molar-refractivity contribution in [2.75, 3.05) is 0 Å². The predicted octanol–water partition coefficient (Wildman–Crippen LogP) is 5.49. The van der Waals surface area contributed by atoms with Crippen LogP contribution in [0.2, 0.25) is 0 Å². The van der Waals surface area contributed by atoms with E-state index in [4.69, 9.17) is 0 Å². The lowest BCUT2D eigenvalue weighted by Gasteiger charge is -1.93. The summed E-state index contributed by atoms with van der Waals surface area (Å²) in [6.07, 6.45) is 0. The highest BCUT2D eigenvalue weighted by Crippen LogP contribution is 2.43. The number of rotatable bonds is 0. The third-order valence-electron chi connectivity index (χ3n) is 2.61. The molecule has 2 nitrogen and oxygen atoms in total. The molecule has 84 valence electrons. The largest absolute Gasteiger partial charge is 0.172 e. The molecule has 0 N–H and O–H groups in total. The molecule has 0 amide bonds. The highest BCUT2D eigenvalue weighted by molar-refractivity contribution is 14.1. The van der Waals surface area contributed by atoms with Crippen molar-refractivity contribution in [2.24, 2.45) is 0 Å². The first-order valence-electron chi connectivity index (χ1n) is 4.66. The fourth-order valence-corrected chi connectivity index (χ4v) is 6.14. The van der Waals surface area contributed by atoms with Gasteiger partial charge in [-0.25, -0.2) is 0 Å². The van der Waals surface area contributed by atoms with E-state index in [0.29, 0.717) is 0 Å². The molecule has 0 bridgehead atoms. The Balaban J connectivity index is 2.46. The number of halogens is 2. The second-order valence-electron chi connectivity index (χ2n) is 3.55. The van der Waals surface area contributed by atoms with Gasteiger partial charge in [0.15, 0.2) is 0 Å². The maximum Gasteiger partial charge on any atom is 0.114 e. The Morgan fingerprint density at radius 2 is 1.65 bits per heavy atom. The molecule has 0 unspecified atom stereocenters. The quantitative estimate of drug-likeness (QED) is 0.330. The first-order chi connectivity index (χ1) is 8.24. The Bertz CT molecular complexity index is 805. The Labute approximate surface area is 130 Å². The van der Waals surface area contributed by atoms with Gasteiger partial charge in [-0.05, 0) is 50.7 Å². The van der Waals surface area contributed by atoms with Crippen molar-refractivity contribution in [1.82, 2.24) is 8.75 Å². The molecule has 0 saturated heterocycles. The van der Waals surface area contributed by atoms with Crippen molar-refractivity contribution in [2.45, 2.75) is 0 Å². The zero-order chi connectivity index (χ0) is 11.6. The van der Waals surface area contributed by atoms with E-state index in [-0.39, 0.29) is 0 Å². The van der Waals surface area contributed by atoms with E-state index >= 15 is 0 Å². The maximum absolute atomic E-state index is 4.44. The Kier molecular flexibility index (Phi) is 2.49. The lowest BCUT2D eigenvalue weighted by atomic mass is 10.2. The van der Waals surface area contributed by atoms with Gasteiger partial charge in [-0.3, -0.25) is 0 Å². The zero-order valence-corrected chi connectivity index (χ0v) is 14.2. The smallest absolute Gasteiger partial charge is 0.114 e. The van der Waals surface area contributed by atoms with Crippen LogP contribution in [-0.2, 0) is 0 Å². The molecule has 3 aromatic heterocycles. The van der Waals surface area contributed by atoms with Gasteiger partial charge in [0.25, 0.3) is 0 Å². The van der Waals surface area contributed by atoms with Gasteiger partial charge in [0.05, 0.1) is 27.8 Å². The second kappa shape index (κ2) is 3.83. The monoisotopic (exact) mass is 452 g/mol. The molecule has 0 aliphatic rings. The van der Waals surface area contributed by atoms with Crippen molar-refractivity contribution < 1.29 is 0 Å². The minimum Gasteiger partial charge on any atom is -0.172 e. The van der Waals surface area contributed by atoms with Crippen LogP contribution >= 0.6 is 72.9 Å². The maximum atomic E-state index is 4.44. The molecular formula is C10H2BrIN2S3. The predicted molar refractivity (Wildman–Crippen MR) is 88.6 cm³/mol. The molecular weight excluding hydrogens is 451 g/mol. The Morgan fingerprint density at radius 1 is 1.00 bits per heavy atom. The number of aromatic nitrogens is 2. The highest BCUT2D eigenvalue weighted by Gasteiger charge is 2.16. The average Bonchev–Trinajstić information content (AvgIpc) is 2.91. The number of hydrogen-bond donors (Lipinski definition) is 0. The van der Waals surface area contributed by atoms with Crippen LogP contribution in [0.1, 0.15) is 0 Å². The summed E-state index contributed by atoms with van der Waals surface area (Å²) in [5, 5.41) is 2.46. The summed E-state index contributed by atoms with van der Waals surface area (Å²) < 4.78 is 14.0. The summed E-state index contributed by atoms with van der Waals surface area (Å²) in [6.45, 7) is 0. The van der Waals surface area contributed by atoms with Gasteiger partial charge in [0.2, 0.25) is 0 Å². The van der Waals surface area contributed by atoms with E-state index in [9.17, 15) is 0 Å². The van der Waals surface area contributed by atoms with Crippen LogP contribution < -0.4 is 0 Å². The normalized spacial score (nSPS) is 12.1. The minimum absolute atomic E-state index is 1.04.